The zero-order valence-electron chi connectivity index (χ0n) is 17.3. The molecule has 4 heterocycles. The number of thiazole rings is 1. The first-order chi connectivity index (χ1) is 14.5. The van der Waals surface area contributed by atoms with Crippen molar-refractivity contribution in [1.29, 1.82) is 0 Å². The summed E-state index contributed by atoms with van der Waals surface area (Å²) in [6.07, 6.45) is 1.27. The molecule has 30 heavy (non-hydrogen) atoms. The fraction of sp³-hybridized carbons (Fsp3) is 0.500. The van der Waals surface area contributed by atoms with E-state index >= 15 is 0 Å². The number of likely N-dealkylation sites (tertiary alicyclic amines) is 1. The van der Waals surface area contributed by atoms with E-state index in [0.717, 1.165) is 32.6 Å². The summed E-state index contributed by atoms with van der Waals surface area (Å²) in [6.45, 7) is 8.98. The lowest BCUT2D eigenvalue weighted by molar-refractivity contribution is -0.121. The number of rotatable bonds is 6. The number of fused-ring (bicyclic) bond motifs is 1. The minimum absolute atomic E-state index is 0.0283. The lowest BCUT2D eigenvalue weighted by Crippen LogP contribution is -2.41. The predicted octanol–water partition coefficient (Wildman–Crippen LogP) is 3.99. The summed E-state index contributed by atoms with van der Waals surface area (Å²) >= 11 is 3.09. The Hall–Kier alpha value is -2.46. The van der Waals surface area contributed by atoms with Gasteiger partial charge in [-0.2, -0.15) is 0 Å². The molecule has 0 radical (unpaired) electrons. The van der Waals surface area contributed by atoms with Gasteiger partial charge in [0.1, 0.15) is 10.6 Å². The smallest absolute Gasteiger partial charge is 0.264 e. The van der Waals surface area contributed by atoms with Gasteiger partial charge >= 0.3 is 0 Å². The molecule has 1 N–H and O–H groups in total. The van der Waals surface area contributed by atoms with E-state index in [2.05, 4.69) is 29.2 Å². The first-order valence-corrected chi connectivity index (χ1v) is 11.8. The van der Waals surface area contributed by atoms with Gasteiger partial charge in [-0.3, -0.25) is 9.59 Å². The highest BCUT2D eigenvalue weighted by molar-refractivity contribution is 7.29. The van der Waals surface area contributed by atoms with Gasteiger partial charge in [-0.05, 0) is 39.7 Å². The number of hydrogen-bond acceptors (Lipinski definition) is 8. The van der Waals surface area contributed by atoms with Crippen LogP contribution in [0.1, 0.15) is 42.1 Å². The Labute approximate surface area is 182 Å². The minimum Gasteiger partial charge on any atom is -0.360 e. The van der Waals surface area contributed by atoms with Crippen molar-refractivity contribution >= 4 is 55.0 Å². The normalized spacial score (nSPS) is 15.0. The van der Waals surface area contributed by atoms with E-state index in [4.69, 9.17) is 9.51 Å². The maximum atomic E-state index is 12.9. The number of aromatic nitrogens is 2. The van der Waals surface area contributed by atoms with Crippen molar-refractivity contribution in [3.63, 3.8) is 0 Å². The molecule has 1 aliphatic heterocycles. The van der Waals surface area contributed by atoms with E-state index in [9.17, 15) is 9.59 Å². The molecule has 160 valence electrons. The zero-order valence-corrected chi connectivity index (χ0v) is 18.9. The van der Waals surface area contributed by atoms with Crippen molar-refractivity contribution in [2.75, 3.05) is 36.4 Å². The van der Waals surface area contributed by atoms with E-state index in [1.165, 1.54) is 11.3 Å². The quantitative estimate of drug-likeness (QED) is 0.614. The molecule has 0 spiro atoms. The average molecular weight is 448 g/mol. The van der Waals surface area contributed by atoms with Gasteiger partial charge in [0.25, 0.3) is 5.91 Å². The van der Waals surface area contributed by atoms with E-state index in [1.807, 2.05) is 11.0 Å². The molecule has 0 bridgehead atoms. The van der Waals surface area contributed by atoms with Crippen molar-refractivity contribution in [3.8, 4) is 0 Å². The summed E-state index contributed by atoms with van der Waals surface area (Å²) in [7, 11) is 0. The molecule has 4 rings (SSSR count). The van der Waals surface area contributed by atoms with Crippen LogP contribution in [-0.2, 0) is 4.79 Å². The number of carbonyl (C=O) groups is 2. The number of hydrogen-bond donors (Lipinski definition) is 1. The summed E-state index contributed by atoms with van der Waals surface area (Å²) < 4.78 is 6.04. The third-order valence-corrected chi connectivity index (χ3v) is 7.56. The number of anilines is 2. The second-order valence-electron chi connectivity index (χ2n) is 7.33. The maximum Gasteiger partial charge on any atom is 0.264 e. The number of nitrogens with one attached hydrogen (secondary N) is 1. The van der Waals surface area contributed by atoms with Gasteiger partial charge in [-0.25, -0.2) is 4.98 Å². The summed E-state index contributed by atoms with van der Waals surface area (Å²) in [5.41, 5.74) is 0. The Morgan fingerprint density at radius 1 is 1.23 bits per heavy atom. The molecule has 3 aromatic rings. The van der Waals surface area contributed by atoms with Crippen molar-refractivity contribution in [2.24, 2.45) is 5.92 Å². The van der Waals surface area contributed by atoms with Crippen LogP contribution in [-0.4, -0.2) is 53.0 Å². The largest absolute Gasteiger partial charge is 0.360 e. The highest BCUT2D eigenvalue weighted by Crippen LogP contribution is 2.35. The molecule has 0 aromatic carbocycles. The molecule has 1 aliphatic rings. The van der Waals surface area contributed by atoms with Gasteiger partial charge in [-0.1, -0.05) is 16.5 Å². The minimum atomic E-state index is -0.129. The fourth-order valence-corrected chi connectivity index (χ4v) is 5.92. The molecule has 1 saturated heterocycles. The molecule has 0 unspecified atom stereocenters. The third-order valence-electron chi connectivity index (χ3n) is 5.35. The fourth-order valence-electron chi connectivity index (χ4n) is 3.61. The highest BCUT2D eigenvalue weighted by atomic mass is 32.1. The first-order valence-electron chi connectivity index (χ1n) is 10.2. The molecular formula is C20H25N5O3S2. The molecule has 8 nitrogen and oxygen atoms in total. The number of thiophene rings is 1. The third kappa shape index (κ3) is 4.20. The number of nitrogens with zero attached hydrogens (tertiary/aromatic N) is 4. The number of piperidine rings is 1. The van der Waals surface area contributed by atoms with Crippen molar-refractivity contribution in [3.05, 3.63) is 22.8 Å². The van der Waals surface area contributed by atoms with Crippen LogP contribution in [0, 0.1) is 12.8 Å². The van der Waals surface area contributed by atoms with Crippen LogP contribution in [0.5, 0.6) is 0 Å². The van der Waals surface area contributed by atoms with Crippen LogP contribution in [0.15, 0.2) is 16.7 Å². The van der Waals surface area contributed by atoms with E-state index in [0.29, 0.717) is 37.5 Å². The highest BCUT2D eigenvalue weighted by Gasteiger charge is 2.29. The van der Waals surface area contributed by atoms with Gasteiger partial charge in [-0.15, -0.1) is 11.3 Å². The SMILES string of the molecule is CCN(CC)c1nc2sc(C(=O)N3CCC(C(=O)Nc4cc(C)on4)CC3)cc2s1. The summed E-state index contributed by atoms with van der Waals surface area (Å²) in [5.74, 6) is 0.920. The summed E-state index contributed by atoms with van der Waals surface area (Å²) in [4.78, 5) is 35.8. The molecule has 3 aromatic heterocycles. The topological polar surface area (TPSA) is 91.6 Å². The molecule has 2 amide bonds. The molecular weight excluding hydrogens is 422 g/mol. The van der Waals surface area contributed by atoms with Crippen molar-refractivity contribution < 1.29 is 14.1 Å². The van der Waals surface area contributed by atoms with Crippen LogP contribution in [0.4, 0.5) is 10.9 Å². The summed E-state index contributed by atoms with van der Waals surface area (Å²) in [6, 6.07) is 3.65. The number of amides is 2. The molecule has 0 atom stereocenters. The van der Waals surface area contributed by atoms with Crippen LogP contribution < -0.4 is 10.2 Å². The molecule has 10 heteroatoms. The monoisotopic (exact) mass is 447 g/mol. The Kier molecular flexibility index (Phi) is 6.05. The van der Waals surface area contributed by atoms with Crippen LogP contribution >= 0.6 is 22.7 Å². The zero-order chi connectivity index (χ0) is 21.3. The first kappa shape index (κ1) is 20.8. The number of aryl methyl sites for hydroxylation is 1. The predicted molar refractivity (Wildman–Crippen MR) is 120 cm³/mol. The number of carbonyl (C=O) groups excluding carboxylic acids is 2. The van der Waals surface area contributed by atoms with Crippen molar-refractivity contribution in [1.82, 2.24) is 15.0 Å². The molecule has 0 aliphatic carbocycles. The van der Waals surface area contributed by atoms with Gasteiger partial charge in [0, 0.05) is 38.2 Å². The van der Waals surface area contributed by atoms with Gasteiger partial charge in [0.05, 0.1) is 9.58 Å². The van der Waals surface area contributed by atoms with E-state index < -0.39 is 0 Å². The van der Waals surface area contributed by atoms with E-state index in [1.54, 1.807) is 24.3 Å². The Morgan fingerprint density at radius 3 is 2.57 bits per heavy atom. The molecule has 1 fully saturated rings. The van der Waals surface area contributed by atoms with Gasteiger partial charge in [0.2, 0.25) is 5.91 Å². The Morgan fingerprint density at radius 2 is 1.97 bits per heavy atom. The lowest BCUT2D eigenvalue weighted by atomic mass is 9.96. The van der Waals surface area contributed by atoms with Crippen LogP contribution in [0.3, 0.4) is 0 Å². The second kappa shape index (κ2) is 8.73. The summed E-state index contributed by atoms with van der Waals surface area (Å²) in [5, 5.41) is 7.60. The van der Waals surface area contributed by atoms with Gasteiger partial charge in [0.15, 0.2) is 10.9 Å². The van der Waals surface area contributed by atoms with E-state index in [-0.39, 0.29) is 17.7 Å². The Balaban J connectivity index is 1.35. The Bertz CT molecular complexity index is 1010. The second-order valence-corrected chi connectivity index (χ2v) is 9.37. The lowest BCUT2D eigenvalue weighted by Gasteiger charge is -2.30. The maximum absolute atomic E-state index is 12.9. The average Bonchev–Trinajstić information content (AvgIpc) is 3.43. The van der Waals surface area contributed by atoms with Crippen LogP contribution in [0.25, 0.3) is 9.53 Å². The van der Waals surface area contributed by atoms with Gasteiger partial charge < -0.3 is 19.6 Å². The molecule has 0 saturated carbocycles. The van der Waals surface area contributed by atoms with Crippen molar-refractivity contribution in [2.45, 2.75) is 33.6 Å². The van der Waals surface area contributed by atoms with Crippen LogP contribution in [0.2, 0.25) is 0 Å². The standard InChI is InChI=1S/C20H25N5O3S2/c1-4-24(5-2)20-22-18-14(30-20)11-15(29-18)19(27)25-8-6-13(7-9-25)17(26)21-16-10-12(3)28-23-16/h10-11,13H,4-9H2,1-3H3,(H,21,23,26).